The van der Waals surface area contributed by atoms with Gasteiger partial charge in [0, 0.05) is 32.4 Å². The Kier molecular flexibility index (Phi) is 3.90. The molecule has 0 aromatic carbocycles. The minimum atomic E-state index is -0.841. The van der Waals surface area contributed by atoms with Gasteiger partial charge in [0.2, 0.25) is 0 Å². The molecule has 88 valence electrons. The number of alkyl halides is 2. The van der Waals surface area contributed by atoms with E-state index in [9.17, 15) is 4.79 Å². The van der Waals surface area contributed by atoms with Crippen LogP contribution >= 0.6 is 23.2 Å². The number of hydrazine groups is 1. The molecule has 1 fully saturated rings. The van der Waals surface area contributed by atoms with Gasteiger partial charge in [-0.05, 0) is 5.92 Å². The average Bonchev–Trinajstić information content (AvgIpc) is 2.41. The zero-order valence-corrected chi connectivity index (χ0v) is 11.1. The first-order valence-electron chi connectivity index (χ1n) is 5.09. The van der Waals surface area contributed by atoms with E-state index in [0.29, 0.717) is 12.4 Å². The highest BCUT2D eigenvalue weighted by Gasteiger charge is 2.55. The first-order valence-corrected chi connectivity index (χ1v) is 6.01. The number of hydrogen-bond acceptors (Lipinski definition) is 2. The Bertz CT molecular complexity index is 258. The number of carbonyl (C=O) groups is 1. The number of nitrogens with zero attached hydrogens (tertiary/aromatic N) is 2. The third-order valence-corrected chi connectivity index (χ3v) is 4.34. The zero-order valence-electron chi connectivity index (χ0n) is 9.63. The maximum Gasteiger partial charge on any atom is 0.258 e. The van der Waals surface area contributed by atoms with Crippen LogP contribution in [0.4, 0.5) is 0 Å². The van der Waals surface area contributed by atoms with Crippen LogP contribution < -0.4 is 0 Å². The minimum absolute atomic E-state index is 0.00994. The summed E-state index contributed by atoms with van der Waals surface area (Å²) in [5.74, 6) is 0.475. The molecular weight excluding hydrogens is 235 g/mol. The van der Waals surface area contributed by atoms with Crippen LogP contribution in [0.1, 0.15) is 13.8 Å². The molecule has 0 unspecified atom stereocenters. The molecule has 0 aromatic heterocycles. The lowest BCUT2D eigenvalue weighted by Crippen LogP contribution is -2.46. The first kappa shape index (κ1) is 13.1. The maximum atomic E-state index is 12.2. The second-order valence-corrected chi connectivity index (χ2v) is 5.44. The van der Waals surface area contributed by atoms with Crippen LogP contribution in [0.3, 0.4) is 0 Å². The summed E-state index contributed by atoms with van der Waals surface area (Å²) in [6.45, 7) is 4.53. The standard InChI is InChI=1S/C10H18Cl2N2O/c1-7(2)10(12)8(5-11)6-14(9(10)15)13(3)4/h7-8H,5-6H2,1-4H3/t8-,10-/m1/s1. The molecule has 1 rings (SSSR count). The van der Waals surface area contributed by atoms with Crippen LogP contribution in [0.5, 0.6) is 0 Å². The second kappa shape index (κ2) is 4.48. The maximum absolute atomic E-state index is 12.2. The number of rotatable bonds is 3. The predicted octanol–water partition coefficient (Wildman–Crippen LogP) is 1.79. The first-order chi connectivity index (χ1) is 6.85. The van der Waals surface area contributed by atoms with Gasteiger partial charge in [0.25, 0.3) is 5.91 Å². The van der Waals surface area contributed by atoms with Crippen molar-refractivity contribution in [3.8, 4) is 0 Å². The summed E-state index contributed by atoms with van der Waals surface area (Å²) < 4.78 is 0. The van der Waals surface area contributed by atoms with Crippen LogP contribution in [-0.4, -0.2) is 47.3 Å². The van der Waals surface area contributed by atoms with Crippen molar-refractivity contribution in [1.82, 2.24) is 10.0 Å². The lowest BCUT2D eigenvalue weighted by atomic mass is 9.86. The molecular formula is C10H18Cl2N2O. The Morgan fingerprint density at radius 2 is 2.13 bits per heavy atom. The molecule has 0 spiro atoms. The van der Waals surface area contributed by atoms with Gasteiger partial charge in [-0.2, -0.15) is 0 Å². The number of hydrogen-bond donors (Lipinski definition) is 0. The molecule has 1 heterocycles. The monoisotopic (exact) mass is 252 g/mol. The fourth-order valence-corrected chi connectivity index (χ4v) is 2.68. The van der Waals surface area contributed by atoms with E-state index in [0.717, 1.165) is 0 Å². The van der Waals surface area contributed by atoms with Gasteiger partial charge in [-0.1, -0.05) is 13.8 Å². The van der Waals surface area contributed by atoms with Crippen LogP contribution in [0.25, 0.3) is 0 Å². The van der Waals surface area contributed by atoms with Crippen molar-refractivity contribution in [2.75, 3.05) is 26.5 Å². The smallest absolute Gasteiger partial charge is 0.258 e. The lowest BCUT2D eigenvalue weighted by Gasteiger charge is -2.29. The molecule has 0 bridgehead atoms. The highest BCUT2D eigenvalue weighted by Crippen LogP contribution is 2.41. The number of amides is 1. The van der Waals surface area contributed by atoms with E-state index in [-0.39, 0.29) is 17.7 Å². The molecule has 1 aliphatic heterocycles. The summed E-state index contributed by atoms with van der Waals surface area (Å²) in [7, 11) is 3.68. The van der Waals surface area contributed by atoms with Gasteiger partial charge in [0.05, 0.1) is 0 Å². The minimum Gasteiger partial charge on any atom is -0.274 e. The van der Waals surface area contributed by atoms with E-state index in [1.807, 2.05) is 27.9 Å². The molecule has 2 atom stereocenters. The van der Waals surface area contributed by atoms with Gasteiger partial charge in [-0.3, -0.25) is 9.80 Å². The Hall–Kier alpha value is 0.01000. The van der Waals surface area contributed by atoms with Crippen molar-refractivity contribution in [2.45, 2.75) is 18.7 Å². The number of carbonyl (C=O) groups excluding carboxylic acids is 1. The van der Waals surface area contributed by atoms with E-state index in [1.165, 1.54) is 0 Å². The van der Waals surface area contributed by atoms with E-state index < -0.39 is 4.87 Å². The SMILES string of the molecule is CC(C)[C@]1(Cl)C(=O)N(N(C)C)C[C@H]1CCl. The van der Waals surface area contributed by atoms with Gasteiger partial charge in [0.15, 0.2) is 0 Å². The second-order valence-electron chi connectivity index (χ2n) is 4.51. The van der Waals surface area contributed by atoms with E-state index >= 15 is 0 Å². The molecule has 0 aliphatic carbocycles. The summed E-state index contributed by atoms with van der Waals surface area (Å²) >= 11 is 12.3. The van der Waals surface area contributed by atoms with Crippen LogP contribution in [0.2, 0.25) is 0 Å². The van der Waals surface area contributed by atoms with Crippen molar-refractivity contribution >= 4 is 29.1 Å². The topological polar surface area (TPSA) is 23.6 Å². The molecule has 5 heteroatoms. The predicted molar refractivity (Wildman–Crippen MR) is 63.0 cm³/mol. The fourth-order valence-electron chi connectivity index (χ4n) is 2.02. The third kappa shape index (κ3) is 1.97. The van der Waals surface area contributed by atoms with Crippen LogP contribution in [0.15, 0.2) is 0 Å². The molecule has 0 N–H and O–H groups in total. The van der Waals surface area contributed by atoms with Gasteiger partial charge in [0.1, 0.15) is 4.87 Å². The third-order valence-electron chi connectivity index (χ3n) is 3.06. The van der Waals surface area contributed by atoms with Crippen molar-refractivity contribution in [3.05, 3.63) is 0 Å². The lowest BCUT2D eigenvalue weighted by molar-refractivity contribution is -0.142. The van der Waals surface area contributed by atoms with Crippen molar-refractivity contribution in [1.29, 1.82) is 0 Å². The number of halogens is 2. The van der Waals surface area contributed by atoms with Crippen molar-refractivity contribution in [2.24, 2.45) is 11.8 Å². The van der Waals surface area contributed by atoms with Gasteiger partial charge in [-0.25, -0.2) is 5.01 Å². The Labute approximate surface area is 101 Å². The molecule has 1 amide bonds. The highest BCUT2D eigenvalue weighted by atomic mass is 35.5. The fraction of sp³-hybridized carbons (Fsp3) is 0.900. The molecule has 15 heavy (non-hydrogen) atoms. The Morgan fingerprint density at radius 3 is 2.40 bits per heavy atom. The van der Waals surface area contributed by atoms with Crippen molar-refractivity contribution < 1.29 is 4.79 Å². The van der Waals surface area contributed by atoms with E-state index in [2.05, 4.69) is 0 Å². The van der Waals surface area contributed by atoms with Gasteiger partial charge in [-0.15, -0.1) is 23.2 Å². The Balaban J connectivity index is 3.00. The average molecular weight is 253 g/mol. The normalized spacial score (nSPS) is 32.1. The largest absolute Gasteiger partial charge is 0.274 e. The molecule has 1 aliphatic rings. The summed E-state index contributed by atoms with van der Waals surface area (Å²) in [5.41, 5.74) is 0. The van der Waals surface area contributed by atoms with E-state index in [1.54, 1.807) is 10.0 Å². The molecule has 0 saturated carbocycles. The molecule has 0 aromatic rings. The van der Waals surface area contributed by atoms with Crippen LogP contribution in [-0.2, 0) is 4.79 Å². The quantitative estimate of drug-likeness (QED) is 0.716. The summed E-state index contributed by atoms with van der Waals surface area (Å²) in [6.07, 6.45) is 0. The summed E-state index contributed by atoms with van der Waals surface area (Å²) in [5, 5.41) is 3.44. The zero-order chi connectivity index (χ0) is 11.8. The molecule has 0 radical (unpaired) electrons. The van der Waals surface area contributed by atoms with Gasteiger partial charge >= 0.3 is 0 Å². The van der Waals surface area contributed by atoms with Crippen molar-refractivity contribution in [3.63, 3.8) is 0 Å². The molecule has 1 saturated heterocycles. The van der Waals surface area contributed by atoms with E-state index in [4.69, 9.17) is 23.2 Å². The Morgan fingerprint density at radius 1 is 1.60 bits per heavy atom. The van der Waals surface area contributed by atoms with Gasteiger partial charge < -0.3 is 0 Å². The highest BCUT2D eigenvalue weighted by molar-refractivity contribution is 6.36. The van der Waals surface area contributed by atoms with Crippen LogP contribution in [0, 0.1) is 11.8 Å². The summed E-state index contributed by atoms with van der Waals surface area (Å²) in [6, 6.07) is 0. The molecule has 3 nitrogen and oxygen atoms in total. The summed E-state index contributed by atoms with van der Waals surface area (Å²) in [4.78, 5) is 11.3.